The van der Waals surface area contributed by atoms with E-state index in [1.165, 1.54) is 4.68 Å². The lowest BCUT2D eigenvalue weighted by Gasteiger charge is -2.38. The van der Waals surface area contributed by atoms with E-state index >= 15 is 0 Å². The first kappa shape index (κ1) is 21.5. The van der Waals surface area contributed by atoms with Crippen molar-refractivity contribution >= 4 is 11.8 Å². The Morgan fingerprint density at radius 2 is 1.84 bits per heavy atom. The quantitative estimate of drug-likeness (QED) is 0.706. The molecular formula is C23H31N5O3. The highest BCUT2D eigenvalue weighted by Crippen LogP contribution is 2.25. The second-order valence-electron chi connectivity index (χ2n) is 8.85. The minimum atomic E-state index is -0.955. The maximum atomic E-state index is 12.5. The van der Waals surface area contributed by atoms with Gasteiger partial charge in [-0.3, -0.25) is 9.59 Å². The number of piperidine rings is 1. The van der Waals surface area contributed by atoms with Gasteiger partial charge in [-0.25, -0.2) is 4.68 Å². The normalized spacial score (nSPS) is 18.8. The first-order valence-corrected chi connectivity index (χ1v) is 11.3. The van der Waals surface area contributed by atoms with E-state index < -0.39 is 5.60 Å². The molecule has 8 nitrogen and oxygen atoms in total. The highest BCUT2D eigenvalue weighted by molar-refractivity contribution is 5.92. The summed E-state index contributed by atoms with van der Waals surface area (Å²) >= 11 is 0. The molecule has 1 aromatic carbocycles. The molecule has 1 saturated heterocycles. The molecule has 8 heteroatoms. The molecule has 31 heavy (non-hydrogen) atoms. The number of nitrogens with zero attached hydrogens (tertiary/aromatic N) is 4. The average Bonchev–Trinajstić information content (AvgIpc) is 3.45. The summed E-state index contributed by atoms with van der Waals surface area (Å²) in [6.07, 6.45) is 8.09. The smallest absolute Gasteiger partial charge is 0.273 e. The van der Waals surface area contributed by atoms with Crippen molar-refractivity contribution < 1.29 is 14.7 Å². The first-order chi connectivity index (χ1) is 15.0. The number of nitrogens with one attached hydrogen (secondary N) is 1. The minimum absolute atomic E-state index is 0.123. The van der Waals surface area contributed by atoms with Crippen molar-refractivity contribution in [3.05, 3.63) is 47.8 Å². The van der Waals surface area contributed by atoms with Crippen molar-refractivity contribution in [2.75, 3.05) is 13.1 Å². The third-order valence-corrected chi connectivity index (χ3v) is 6.44. The molecule has 0 bridgehead atoms. The van der Waals surface area contributed by atoms with Crippen LogP contribution in [0.25, 0.3) is 0 Å². The van der Waals surface area contributed by atoms with Crippen molar-refractivity contribution in [3.8, 4) is 0 Å². The number of aryl methyl sites for hydroxylation is 1. The molecule has 0 unspecified atom stereocenters. The number of aliphatic hydroxyl groups is 1. The van der Waals surface area contributed by atoms with E-state index in [0.717, 1.165) is 37.7 Å². The summed E-state index contributed by atoms with van der Waals surface area (Å²) in [5, 5.41) is 22.0. The van der Waals surface area contributed by atoms with Crippen LogP contribution in [0.15, 0.2) is 36.5 Å². The van der Waals surface area contributed by atoms with Gasteiger partial charge in [0.05, 0.1) is 18.3 Å². The van der Waals surface area contributed by atoms with Crippen molar-refractivity contribution in [2.45, 2.75) is 69.6 Å². The molecule has 2 aliphatic rings. The van der Waals surface area contributed by atoms with E-state index in [4.69, 9.17) is 0 Å². The number of amides is 2. The zero-order chi connectivity index (χ0) is 21.7. The molecule has 1 aliphatic heterocycles. The molecule has 2 aromatic rings. The summed E-state index contributed by atoms with van der Waals surface area (Å²) in [5.41, 5.74) is 0.482. The van der Waals surface area contributed by atoms with Gasteiger partial charge in [0.25, 0.3) is 5.91 Å². The number of aromatic nitrogens is 3. The van der Waals surface area contributed by atoms with Gasteiger partial charge in [0, 0.05) is 25.6 Å². The second kappa shape index (κ2) is 9.60. The molecule has 1 aliphatic carbocycles. The van der Waals surface area contributed by atoms with Gasteiger partial charge >= 0.3 is 0 Å². The summed E-state index contributed by atoms with van der Waals surface area (Å²) in [6, 6.07) is 10.2. The molecule has 2 heterocycles. The number of rotatable bonds is 7. The molecule has 1 saturated carbocycles. The lowest BCUT2D eigenvalue weighted by Crippen LogP contribution is -2.48. The predicted octanol–water partition coefficient (Wildman–Crippen LogP) is 1.94. The molecule has 0 radical (unpaired) electrons. The van der Waals surface area contributed by atoms with Crippen LogP contribution in [0, 0.1) is 0 Å². The largest absolute Gasteiger partial charge is 0.388 e. The predicted molar refractivity (Wildman–Crippen MR) is 115 cm³/mol. The number of hydrogen-bond donors (Lipinski definition) is 2. The molecule has 0 spiro atoms. The van der Waals surface area contributed by atoms with Crippen molar-refractivity contribution in [1.29, 1.82) is 0 Å². The van der Waals surface area contributed by atoms with Crippen LogP contribution in [0.2, 0.25) is 0 Å². The van der Waals surface area contributed by atoms with Crippen LogP contribution in [0.4, 0.5) is 0 Å². The fourth-order valence-corrected chi connectivity index (χ4v) is 4.50. The van der Waals surface area contributed by atoms with Crippen LogP contribution in [0.3, 0.4) is 0 Å². The van der Waals surface area contributed by atoms with Gasteiger partial charge in [-0.15, -0.1) is 5.10 Å². The monoisotopic (exact) mass is 425 g/mol. The Hall–Kier alpha value is -2.74. The van der Waals surface area contributed by atoms with Gasteiger partial charge in [0.1, 0.15) is 0 Å². The summed E-state index contributed by atoms with van der Waals surface area (Å²) in [4.78, 5) is 26.7. The van der Waals surface area contributed by atoms with E-state index in [9.17, 15) is 14.7 Å². The van der Waals surface area contributed by atoms with Gasteiger partial charge in [-0.1, -0.05) is 48.4 Å². The standard InChI is InChI=1S/C23H31N5O3/c29-21(11-10-18-6-2-1-3-7-18)27-14-12-23(31,13-15-27)17-28-16-20(25-26-28)22(30)24-19-8-4-5-9-19/h1-3,6-7,16,19,31H,4-5,8-15,17H2,(H,24,30). The second-order valence-corrected chi connectivity index (χ2v) is 8.85. The molecule has 1 aromatic heterocycles. The maximum Gasteiger partial charge on any atom is 0.273 e. The van der Waals surface area contributed by atoms with E-state index in [-0.39, 0.29) is 30.1 Å². The maximum absolute atomic E-state index is 12.5. The van der Waals surface area contributed by atoms with Crippen LogP contribution >= 0.6 is 0 Å². The SMILES string of the molecule is O=C(NC1CCCC1)c1cn(CC2(O)CCN(C(=O)CCc3ccccc3)CC2)nn1. The molecule has 2 N–H and O–H groups in total. The Labute approximate surface area is 182 Å². The van der Waals surface area contributed by atoms with E-state index in [1.807, 2.05) is 35.2 Å². The van der Waals surface area contributed by atoms with Crippen molar-refractivity contribution in [1.82, 2.24) is 25.2 Å². The van der Waals surface area contributed by atoms with Gasteiger partial charge < -0.3 is 15.3 Å². The highest BCUT2D eigenvalue weighted by Gasteiger charge is 2.34. The summed E-state index contributed by atoms with van der Waals surface area (Å²) in [5.74, 6) is -0.0819. The molecule has 4 rings (SSSR count). The molecule has 0 atom stereocenters. The number of hydrogen-bond acceptors (Lipinski definition) is 5. The van der Waals surface area contributed by atoms with Crippen LogP contribution in [-0.2, 0) is 17.8 Å². The molecule has 166 valence electrons. The van der Waals surface area contributed by atoms with Gasteiger partial charge in [0.15, 0.2) is 5.69 Å². The van der Waals surface area contributed by atoms with E-state index in [0.29, 0.717) is 32.4 Å². The van der Waals surface area contributed by atoms with E-state index in [1.54, 1.807) is 6.20 Å². The summed E-state index contributed by atoms with van der Waals surface area (Å²) < 4.78 is 1.54. The number of likely N-dealkylation sites (tertiary alicyclic amines) is 1. The molecular weight excluding hydrogens is 394 g/mol. The van der Waals surface area contributed by atoms with E-state index in [2.05, 4.69) is 15.6 Å². The zero-order valence-corrected chi connectivity index (χ0v) is 17.9. The third kappa shape index (κ3) is 5.70. The van der Waals surface area contributed by atoms with Gasteiger partial charge in [0.2, 0.25) is 5.91 Å². The fourth-order valence-electron chi connectivity index (χ4n) is 4.50. The first-order valence-electron chi connectivity index (χ1n) is 11.3. The van der Waals surface area contributed by atoms with Crippen LogP contribution in [0.1, 0.15) is 61.0 Å². The van der Waals surface area contributed by atoms with Crippen molar-refractivity contribution in [2.24, 2.45) is 0 Å². The topological polar surface area (TPSA) is 100 Å². The van der Waals surface area contributed by atoms with Crippen LogP contribution in [-0.4, -0.2) is 61.5 Å². The zero-order valence-electron chi connectivity index (χ0n) is 17.9. The lowest BCUT2D eigenvalue weighted by molar-refractivity contribution is -0.135. The summed E-state index contributed by atoms with van der Waals surface area (Å²) in [7, 11) is 0. The van der Waals surface area contributed by atoms with Gasteiger partial charge in [-0.2, -0.15) is 0 Å². The van der Waals surface area contributed by atoms with Crippen LogP contribution in [0.5, 0.6) is 0 Å². The fraction of sp³-hybridized carbons (Fsp3) is 0.565. The number of benzene rings is 1. The van der Waals surface area contributed by atoms with Gasteiger partial charge in [-0.05, 0) is 37.7 Å². The van der Waals surface area contributed by atoms with Crippen molar-refractivity contribution in [3.63, 3.8) is 0 Å². The third-order valence-electron chi connectivity index (χ3n) is 6.44. The lowest BCUT2D eigenvalue weighted by atomic mass is 9.91. The number of carbonyl (C=O) groups is 2. The summed E-state index contributed by atoms with van der Waals surface area (Å²) in [6.45, 7) is 1.31. The highest BCUT2D eigenvalue weighted by atomic mass is 16.3. The Bertz CT molecular complexity index is 884. The molecule has 2 amide bonds. The Morgan fingerprint density at radius 1 is 1.13 bits per heavy atom. The van der Waals surface area contributed by atoms with Crippen LogP contribution < -0.4 is 5.32 Å². The Balaban J connectivity index is 1.24. The molecule has 2 fully saturated rings. The Kier molecular flexibility index (Phi) is 6.65. The number of carbonyl (C=O) groups excluding carboxylic acids is 2. The Morgan fingerprint density at radius 3 is 2.55 bits per heavy atom. The minimum Gasteiger partial charge on any atom is -0.388 e. The average molecular weight is 426 g/mol.